The SMILES string of the molecule is Cc1cc(C(=O)OCC(=O)c2ccc(NC(=O)C(C)(C)C)cc2)c(C)s1. The van der Waals surface area contributed by atoms with E-state index < -0.39 is 11.4 Å². The molecule has 0 aliphatic heterocycles. The Kier molecular flexibility index (Phi) is 5.97. The number of thiophene rings is 1. The molecule has 0 radical (unpaired) electrons. The molecule has 2 aromatic rings. The van der Waals surface area contributed by atoms with Crippen LogP contribution in [-0.2, 0) is 9.53 Å². The van der Waals surface area contributed by atoms with Crippen LogP contribution in [0.4, 0.5) is 5.69 Å². The minimum absolute atomic E-state index is 0.105. The van der Waals surface area contributed by atoms with Crippen LogP contribution in [0.2, 0.25) is 0 Å². The number of ketones is 1. The molecule has 1 N–H and O–H groups in total. The largest absolute Gasteiger partial charge is 0.454 e. The Morgan fingerprint density at radius 1 is 1.08 bits per heavy atom. The molecule has 0 aliphatic carbocycles. The molecule has 0 saturated heterocycles. The Bertz CT molecular complexity index is 828. The second-order valence-electron chi connectivity index (χ2n) is 7.11. The van der Waals surface area contributed by atoms with Gasteiger partial charge in [-0.25, -0.2) is 4.79 Å². The molecule has 0 bridgehead atoms. The number of amides is 1. The van der Waals surface area contributed by atoms with E-state index >= 15 is 0 Å². The van der Waals surface area contributed by atoms with Crippen LogP contribution in [0.15, 0.2) is 30.3 Å². The number of carbonyl (C=O) groups is 3. The van der Waals surface area contributed by atoms with Gasteiger partial charge in [-0.3, -0.25) is 9.59 Å². The van der Waals surface area contributed by atoms with Gasteiger partial charge in [0.2, 0.25) is 5.91 Å². The number of benzene rings is 1. The van der Waals surface area contributed by atoms with Crippen molar-refractivity contribution in [2.24, 2.45) is 5.41 Å². The number of carbonyl (C=O) groups excluding carboxylic acids is 3. The number of ether oxygens (including phenoxy) is 1. The monoisotopic (exact) mass is 373 g/mol. The van der Waals surface area contributed by atoms with Gasteiger partial charge in [0.25, 0.3) is 0 Å². The van der Waals surface area contributed by atoms with E-state index in [-0.39, 0.29) is 18.3 Å². The fourth-order valence-electron chi connectivity index (χ4n) is 2.18. The van der Waals surface area contributed by atoms with Crippen molar-refractivity contribution in [1.82, 2.24) is 0 Å². The lowest BCUT2D eigenvalue weighted by molar-refractivity contribution is -0.123. The van der Waals surface area contributed by atoms with Gasteiger partial charge < -0.3 is 10.1 Å². The first kappa shape index (κ1) is 19.8. The van der Waals surface area contributed by atoms with E-state index in [0.717, 1.165) is 9.75 Å². The number of hydrogen-bond acceptors (Lipinski definition) is 5. The third-order valence-electron chi connectivity index (χ3n) is 3.74. The maximum Gasteiger partial charge on any atom is 0.339 e. The zero-order chi connectivity index (χ0) is 19.5. The normalized spacial score (nSPS) is 11.1. The van der Waals surface area contributed by atoms with Crippen LogP contribution < -0.4 is 5.32 Å². The second-order valence-corrected chi connectivity index (χ2v) is 8.57. The minimum atomic E-state index is -0.499. The van der Waals surface area contributed by atoms with Crippen molar-refractivity contribution in [3.8, 4) is 0 Å². The first-order valence-corrected chi connectivity index (χ1v) is 9.08. The molecule has 1 aromatic carbocycles. The average Bonchev–Trinajstić information content (AvgIpc) is 2.90. The third-order valence-corrected chi connectivity index (χ3v) is 4.71. The summed E-state index contributed by atoms with van der Waals surface area (Å²) in [6.07, 6.45) is 0. The van der Waals surface area contributed by atoms with Crippen LogP contribution in [0.5, 0.6) is 0 Å². The fourth-order valence-corrected chi connectivity index (χ4v) is 3.10. The van der Waals surface area contributed by atoms with Crippen LogP contribution >= 0.6 is 11.3 Å². The van der Waals surface area contributed by atoms with E-state index in [1.54, 1.807) is 30.3 Å². The average molecular weight is 373 g/mol. The quantitative estimate of drug-likeness (QED) is 0.623. The highest BCUT2D eigenvalue weighted by atomic mass is 32.1. The summed E-state index contributed by atoms with van der Waals surface area (Å²) < 4.78 is 5.13. The molecule has 2 rings (SSSR count). The number of esters is 1. The fraction of sp³-hybridized carbons (Fsp3) is 0.350. The number of hydrogen-bond donors (Lipinski definition) is 1. The molecular weight excluding hydrogens is 350 g/mol. The van der Waals surface area contributed by atoms with E-state index in [1.807, 2.05) is 34.6 Å². The molecule has 6 heteroatoms. The Hall–Kier alpha value is -2.47. The number of aryl methyl sites for hydroxylation is 2. The summed E-state index contributed by atoms with van der Waals surface area (Å²) in [6.45, 7) is 8.92. The van der Waals surface area contributed by atoms with Gasteiger partial charge in [0.05, 0.1) is 5.56 Å². The highest BCUT2D eigenvalue weighted by Crippen LogP contribution is 2.21. The van der Waals surface area contributed by atoms with Crippen LogP contribution in [-0.4, -0.2) is 24.3 Å². The Labute approximate surface area is 157 Å². The van der Waals surface area contributed by atoms with Gasteiger partial charge >= 0.3 is 5.97 Å². The summed E-state index contributed by atoms with van der Waals surface area (Å²) in [7, 11) is 0. The maximum atomic E-state index is 12.2. The van der Waals surface area contributed by atoms with E-state index in [9.17, 15) is 14.4 Å². The van der Waals surface area contributed by atoms with Crippen LogP contribution in [0.1, 0.15) is 51.2 Å². The molecule has 0 saturated carbocycles. The van der Waals surface area contributed by atoms with Crippen LogP contribution in [0.25, 0.3) is 0 Å². The zero-order valence-electron chi connectivity index (χ0n) is 15.6. The molecule has 0 unspecified atom stereocenters. The van der Waals surface area contributed by atoms with Crippen molar-refractivity contribution in [3.63, 3.8) is 0 Å². The molecule has 0 spiro atoms. The van der Waals surface area contributed by atoms with Crippen LogP contribution in [0, 0.1) is 19.3 Å². The molecule has 1 heterocycles. The lowest BCUT2D eigenvalue weighted by atomic mass is 9.95. The Morgan fingerprint density at radius 3 is 2.19 bits per heavy atom. The van der Waals surface area contributed by atoms with Gasteiger partial charge in [-0.2, -0.15) is 0 Å². The first-order valence-electron chi connectivity index (χ1n) is 8.27. The molecule has 0 fully saturated rings. The summed E-state index contributed by atoms with van der Waals surface area (Å²) in [6, 6.07) is 8.29. The topological polar surface area (TPSA) is 72.5 Å². The second kappa shape index (κ2) is 7.83. The number of anilines is 1. The lowest BCUT2D eigenvalue weighted by Crippen LogP contribution is -2.27. The van der Waals surface area contributed by atoms with Crippen molar-refractivity contribution < 1.29 is 19.1 Å². The number of rotatable bonds is 5. The summed E-state index contributed by atoms with van der Waals surface area (Å²) in [5.41, 5.74) is 1.04. The summed E-state index contributed by atoms with van der Waals surface area (Å²) in [5, 5.41) is 2.79. The minimum Gasteiger partial charge on any atom is -0.454 e. The van der Waals surface area contributed by atoms with E-state index in [0.29, 0.717) is 16.8 Å². The Balaban J connectivity index is 1.94. The van der Waals surface area contributed by atoms with Crippen LogP contribution in [0.3, 0.4) is 0 Å². The van der Waals surface area contributed by atoms with Gasteiger partial charge in [0.1, 0.15) is 0 Å². The van der Waals surface area contributed by atoms with Crippen molar-refractivity contribution in [3.05, 3.63) is 51.2 Å². The molecule has 26 heavy (non-hydrogen) atoms. The van der Waals surface area contributed by atoms with E-state index in [1.165, 1.54) is 11.3 Å². The highest BCUT2D eigenvalue weighted by Gasteiger charge is 2.21. The predicted molar refractivity (Wildman–Crippen MR) is 103 cm³/mol. The molecule has 1 aromatic heterocycles. The summed E-state index contributed by atoms with van der Waals surface area (Å²) in [5.74, 6) is -0.891. The third kappa shape index (κ3) is 5.02. The van der Waals surface area contributed by atoms with E-state index in [4.69, 9.17) is 4.74 Å². The molecule has 0 aliphatic rings. The molecule has 0 atom stereocenters. The predicted octanol–water partition coefficient (Wildman–Crippen LogP) is 4.39. The van der Waals surface area contributed by atoms with Crippen molar-refractivity contribution in [2.75, 3.05) is 11.9 Å². The summed E-state index contributed by atoms with van der Waals surface area (Å²) >= 11 is 1.52. The molecule has 1 amide bonds. The number of nitrogens with one attached hydrogen (secondary N) is 1. The van der Waals surface area contributed by atoms with Gasteiger partial charge in [-0.1, -0.05) is 20.8 Å². The van der Waals surface area contributed by atoms with Crippen molar-refractivity contribution >= 4 is 34.7 Å². The van der Waals surface area contributed by atoms with E-state index in [2.05, 4.69) is 5.32 Å². The first-order chi connectivity index (χ1) is 12.1. The Morgan fingerprint density at radius 2 is 1.69 bits per heavy atom. The van der Waals surface area contributed by atoms with Gasteiger partial charge in [0, 0.05) is 26.4 Å². The van der Waals surface area contributed by atoms with Gasteiger partial charge in [0.15, 0.2) is 12.4 Å². The zero-order valence-corrected chi connectivity index (χ0v) is 16.5. The van der Waals surface area contributed by atoms with Gasteiger partial charge in [-0.05, 0) is 44.2 Å². The standard InChI is InChI=1S/C20H23NO4S/c1-12-10-16(13(2)26-12)18(23)25-11-17(22)14-6-8-15(9-7-14)21-19(24)20(3,4)5/h6-10H,11H2,1-5H3,(H,21,24). The number of Topliss-reactive ketones (excluding diaryl/α,β-unsaturated/α-hetero) is 1. The molecule has 5 nitrogen and oxygen atoms in total. The van der Waals surface area contributed by atoms with Crippen molar-refractivity contribution in [2.45, 2.75) is 34.6 Å². The molecular formula is C20H23NO4S. The highest BCUT2D eigenvalue weighted by molar-refractivity contribution is 7.12. The van der Waals surface area contributed by atoms with Gasteiger partial charge in [-0.15, -0.1) is 11.3 Å². The smallest absolute Gasteiger partial charge is 0.339 e. The lowest BCUT2D eigenvalue weighted by Gasteiger charge is -2.17. The molecule has 138 valence electrons. The summed E-state index contributed by atoms with van der Waals surface area (Å²) in [4.78, 5) is 38.1. The maximum absolute atomic E-state index is 12.2. The van der Waals surface area contributed by atoms with Crippen molar-refractivity contribution in [1.29, 1.82) is 0 Å².